The average molecular weight is 290 g/mol. The van der Waals surface area contributed by atoms with E-state index in [1.165, 1.54) is 7.11 Å². The first-order valence-corrected chi connectivity index (χ1v) is 7.23. The number of benzene rings is 1. The molecule has 2 atom stereocenters. The lowest BCUT2D eigenvalue weighted by molar-refractivity contribution is -0.145. The lowest BCUT2D eigenvalue weighted by Gasteiger charge is -2.26. The molecule has 5 heteroatoms. The van der Waals surface area contributed by atoms with Gasteiger partial charge in [0, 0.05) is 6.42 Å². The van der Waals surface area contributed by atoms with Crippen molar-refractivity contribution in [2.24, 2.45) is 0 Å². The molecule has 21 heavy (non-hydrogen) atoms. The molecular formula is C16H22N2O3. The number of esters is 1. The van der Waals surface area contributed by atoms with Crippen LogP contribution in [0.5, 0.6) is 0 Å². The van der Waals surface area contributed by atoms with Crippen LogP contribution >= 0.6 is 0 Å². The van der Waals surface area contributed by atoms with Crippen molar-refractivity contribution in [3.8, 4) is 0 Å². The van der Waals surface area contributed by atoms with Crippen molar-refractivity contribution in [1.29, 1.82) is 0 Å². The summed E-state index contributed by atoms with van der Waals surface area (Å²) in [6.45, 7) is 2.69. The molecule has 2 N–H and O–H groups in total. The van der Waals surface area contributed by atoms with Crippen LogP contribution in [-0.2, 0) is 20.7 Å². The Bertz CT molecular complexity index is 496. The molecule has 0 bridgehead atoms. The number of hydrogen-bond acceptors (Lipinski definition) is 4. The minimum Gasteiger partial charge on any atom is -0.467 e. The molecule has 0 saturated carbocycles. The number of carbonyl (C=O) groups is 2. The number of amides is 1. The Balaban J connectivity index is 2.06. The van der Waals surface area contributed by atoms with E-state index in [0.717, 1.165) is 24.9 Å². The van der Waals surface area contributed by atoms with Crippen molar-refractivity contribution in [1.82, 2.24) is 10.6 Å². The van der Waals surface area contributed by atoms with Gasteiger partial charge in [0.2, 0.25) is 5.91 Å². The molecule has 1 aliphatic heterocycles. The van der Waals surface area contributed by atoms with Crippen LogP contribution in [0.3, 0.4) is 0 Å². The highest BCUT2D eigenvalue weighted by Crippen LogP contribution is 2.19. The largest absolute Gasteiger partial charge is 0.467 e. The number of methoxy groups -OCH3 is 1. The highest BCUT2D eigenvalue weighted by molar-refractivity contribution is 5.90. The fourth-order valence-corrected chi connectivity index (χ4v) is 2.59. The zero-order chi connectivity index (χ0) is 15.3. The van der Waals surface area contributed by atoms with Crippen molar-refractivity contribution in [3.05, 3.63) is 35.9 Å². The molecule has 0 aromatic heterocycles. The topological polar surface area (TPSA) is 67.4 Å². The summed E-state index contributed by atoms with van der Waals surface area (Å²) in [5.41, 5.74) is 0.390. The van der Waals surface area contributed by atoms with Gasteiger partial charge in [-0.05, 0) is 31.9 Å². The maximum absolute atomic E-state index is 12.4. The summed E-state index contributed by atoms with van der Waals surface area (Å²) in [4.78, 5) is 24.3. The van der Waals surface area contributed by atoms with E-state index in [9.17, 15) is 9.59 Å². The maximum Gasteiger partial charge on any atom is 0.328 e. The second-order valence-electron chi connectivity index (χ2n) is 5.60. The van der Waals surface area contributed by atoms with Crippen LogP contribution in [0, 0.1) is 0 Å². The first-order valence-electron chi connectivity index (χ1n) is 7.23. The molecule has 2 rings (SSSR count). The maximum atomic E-state index is 12.4. The third kappa shape index (κ3) is 3.82. The van der Waals surface area contributed by atoms with Gasteiger partial charge >= 0.3 is 5.97 Å². The van der Waals surface area contributed by atoms with Gasteiger partial charge in [0.25, 0.3) is 0 Å². The van der Waals surface area contributed by atoms with Gasteiger partial charge in [-0.25, -0.2) is 4.79 Å². The summed E-state index contributed by atoms with van der Waals surface area (Å²) >= 11 is 0. The first kappa shape index (κ1) is 15.5. The quantitative estimate of drug-likeness (QED) is 0.795. The van der Waals surface area contributed by atoms with E-state index in [1.54, 1.807) is 0 Å². The summed E-state index contributed by atoms with van der Waals surface area (Å²) < 4.78 is 4.81. The molecule has 1 fully saturated rings. The van der Waals surface area contributed by atoms with Gasteiger partial charge in [0.15, 0.2) is 0 Å². The summed E-state index contributed by atoms with van der Waals surface area (Å²) in [5, 5.41) is 6.02. The van der Waals surface area contributed by atoms with E-state index in [4.69, 9.17) is 4.74 Å². The molecule has 1 heterocycles. The molecule has 1 amide bonds. The summed E-state index contributed by atoms with van der Waals surface area (Å²) in [6.07, 6.45) is 2.17. The SMILES string of the molecule is COC(=O)C(Cc1ccccc1)NC(=O)C1(C)CCCN1. The van der Waals surface area contributed by atoms with Crippen LogP contribution in [0.1, 0.15) is 25.3 Å². The number of carbonyl (C=O) groups excluding carboxylic acids is 2. The molecule has 0 aliphatic carbocycles. The first-order chi connectivity index (χ1) is 10.0. The Hall–Kier alpha value is -1.88. The van der Waals surface area contributed by atoms with Crippen molar-refractivity contribution < 1.29 is 14.3 Å². The summed E-state index contributed by atoms with van der Waals surface area (Å²) in [7, 11) is 1.34. The van der Waals surface area contributed by atoms with Crippen LogP contribution in [0.15, 0.2) is 30.3 Å². The fraction of sp³-hybridized carbons (Fsp3) is 0.500. The van der Waals surface area contributed by atoms with Gasteiger partial charge in [-0.15, -0.1) is 0 Å². The van der Waals surface area contributed by atoms with Gasteiger partial charge in [0.05, 0.1) is 12.6 Å². The Morgan fingerprint density at radius 3 is 2.67 bits per heavy atom. The molecule has 1 aliphatic rings. The summed E-state index contributed by atoms with van der Waals surface area (Å²) in [6, 6.07) is 8.93. The van der Waals surface area contributed by atoms with E-state index < -0.39 is 17.6 Å². The highest BCUT2D eigenvalue weighted by atomic mass is 16.5. The Morgan fingerprint density at radius 1 is 1.38 bits per heavy atom. The molecule has 1 aromatic rings. The van der Waals surface area contributed by atoms with Crippen molar-refractivity contribution in [3.63, 3.8) is 0 Å². The highest BCUT2D eigenvalue weighted by Gasteiger charge is 2.37. The zero-order valence-electron chi connectivity index (χ0n) is 12.5. The minimum atomic E-state index is -0.663. The molecule has 114 valence electrons. The molecule has 1 aromatic carbocycles. The molecule has 1 saturated heterocycles. The number of ether oxygens (including phenoxy) is 1. The number of rotatable bonds is 5. The second-order valence-corrected chi connectivity index (χ2v) is 5.60. The molecule has 0 spiro atoms. The standard InChI is InChI=1S/C16H22N2O3/c1-16(9-6-10-17-16)15(20)18-13(14(19)21-2)11-12-7-4-3-5-8-12/h3-5,7-8,13,17H,6,9-11H2,1-2H3,(H,18,20). The molecule has 2 unspecified atom stereocenters. The van der Waals surface area contributed by atoms with Gasteiger partial charge < -0.3 is 15.4 Å². The average Bonchev–Trinajstić information content (AvgIpc) is 2.95. The molecular weight excluding hydrogens is 268 g/mol. The van der Waals surface area contributed by atoms with Gasteiger partial charge in [0.1, 0.15) is 6.04 Å². The van der Waals surface area contributed by atoms with Gasteiger partial charge in [-0.1, -0.05) is 30.3 Å². The third-order valence-electron chi connectivity index (χ3n) is 3.94. The van der Waals surface area contributed by atoms with Crippen molar-refractivity contribution in [2.45, 2.75) is 37.8 Å². The van der Waals surface area contributed by atoms with E-state index in [0.29, 0.717) is 6.42 Å². The minimum absolute atomic E-state index is 0.147. The Morgan fingerprint density at radius 2 is 2.10 bits per heavy atom. The van der Waals surface area contributed by atoms with Crippen LogP contribution in [0.2, 0.25) is 0 Å². The van der Waals surface area contributed by atoms with Crippen LogP contribution in [0.25, 0.3) is 0 Å². The molecule has 0 radical (unpaired) electrons. The lowest BCUT2D eigenvalue weighted by Crippen LogP contribution is -2.56. The van der Waals surface area contributed by atoms with E-state index in [2.05, 4.69) is 10.6 Å². The van der Waals surface area contributed by atoms with Gasteiger partial charge in [-0.3, -0.25) is 4.79 Å². The third-order valence-corrected chi connectivity index (χ3v) is 3.94. The fourth-order valence-electron chi connectivity index (χ4n) is 2.59. The van der Waals surface area contributed by atoms with E-state index >= 15 is 0 Å². The second kappa shape index (κ2) is 6.72. The normalized spacial score (nSPS) is 22.6. The zero-order valence-corrected chi connectivity index (χ0v) is 12.5. The Labute approximate surface area is 125 Å². The van der Waals surface area contributed by atoms with E-state index in [1.807, 2.05) is 37.3 Å². The monoisotopic (exact) mass is 290 g/mol. The van der Waals surface area contributed by atoms with Crippen LogP contribution in [0.4, 0.5) is 0 Å². The van der Waals surface area contributed by atoms with Crippen molar-refractivity contribution >= 4 is 11.9 Å². The predicted molar refractivity (Wildman–Crippen MR) is 79.7 cm³/mol. The summed E-state index contributed by atoms with van der Waals surface area (Å²) in [5.74, 6) is -0.569. The Kier molecular flexibility index (Phi) is 4.96. The van der Waals surface area contributed by atoms with Crippen molar-refractivity contribution in [2.75, 3.05) is 13.7 Å². The smallest absolute Gasteiger partial charge is 0.328 e. The van der Waals surface area contributed by atoms with Crippen LogP contribution < -0.4 is 10.6 Å². The number of nitrogens with one attached hydrogen (secondary N) is 2. The number of hydrogen-bond donors (Lipinski definition) is 2. The predicted octanol–water partition coefficient (Wildman–Crippen LogP) is 1.03. The van der Waals surface area contributed by atoms with Crippen LogP contribution in [-0.4, -0.2) is 37.1 Å². The lowest BCUT2D eigenvalue weighted by atomic mass is 9.98. The van der Waals surface area contributed by atoms with E-state index in [-0.39, 0.29) is 5.91 Å². The molecule has 5 nitrogen and oxygen atoms in total. The van der Waals surface area contributed by atoms with Gasteiger partial charge in [-0.2, -0.15) is 0 Å².